The van der Waals surface area contributed by atoms with Crippen LogP contribution < -0.4 is 22.5 Å². The second-order valence-corrected chi connectivity index (χ2v) is 9.56. The topological polar surface area (TPSA) is 265 Å². The van der Waals surface area contributed by atoms with Crippen LogP contribution in [-0.2, 0) is 23.1 Å². The van der Waals surface area contributed by atoms with Crippen LogP contribution in [0.2, 0.25) is 0 Å². The summed E-state index contributed by atoms with van der Waals surface area (Å²) < 4.78 is 34.8. The van der Waals surface area contributed by atoms with E-state index in [1.807, 2.05) is 9.97 Å². The van der Waals surface area contributed by atoms with Crippen LogP contribution in [0, 0.1) is 0 Å². The van der Waals surface area contributed by atoms with Crippen molar-refractivity contribution in [3.05, 3.63) is 66.2 Å². The zero-order chi connectivity index (χ0) is 27.1. The van der Waals surface area contributed by atoms with Crippen LogP contribution in [0.1, 0.15) is 12.5 Å². The molecule has 4 rings (SSSR count). The Morgan fingerprint density at radius 2 is 1.41 bits per heavy atom. The summed E-state index contributed by atoms with van der Waals surface area (Å²) in [6, 6.07) is 1.92. The lowest BCUT2D eigenvalue weighted by molar-refractivity contribution is -0.0652. The van der Waals surface area contributed by atoms with Crippen molar-refractivity contribution in [3.8, 4) is 0 Å². The summed E-state index contributed by atoms with van der Waals surface area (Å²) in [5.74, 6) is 0. The van der Waals surface area contributed by atoms with E-state index in [9.17, 15) is 49.1 Å². The number of aromatic amines is 2. The zero-order valence-electron chi connectivity index (χ0n) is 18.6. The number of hydrogen-bond acceptors (Lipinski definition) is 13. The van der Waals surface area contributed by atoms with Crippen LogP contribution in [0.3, 0.4) is 0 Å². The van der Waals surface area contributed by atoms with E-state index < -0.39 is 92.6 Å². The highest BCUT2D eigenvalue weighted by molar-refractivity contribution is 7.47. The molecule has 9 atom stereocenters. The van der Waals surface area contributed by atoms with Crippen molar-refractivity contribution in [2.45, 2.75) is 49.1 Å². The summed E-state index contributed by atoms with van der Waals surface area (Å²) in [7, 11) is -5.10. The smallest absolute Gasteiger partial charge is 0.394 e. The lowest BCUT2D eigenvalue weighted by atomic mass is 10.1. The molecular formula is C18H23N4O14P. The van der Waals surface area contributed by atoms with Gasteiger partial charge >= 0.3 is 19.2 Å². The van der Waals surface area contributed by atoms with E-state index in [4.69, 9.17) is 18.5 Å². The number of phosphoric acid groups is 1. The Bertz CT molecular complexity index is 1400. The van der Waals surface area contributed by atoms with Crippen LogP contribution in [0.5, 0.6) is 0 Å². The van der Waals surface area contributed by atoms with E-state index in [1.165, 1.54) is 0 Å². The Kier molecular flexibility index (Phi) is 7.77. The normalized spacial score (nSPS) is 33.4. The van der Waals surface area contributed by atoms with Crippen LogP contribution in [0.15, 0.2) is 43.7 Å². The Morgan fingerprint density at radius 1 is 0.865 bits per heavy atom. The molecule has 0 bridgehead atoms. The van der Waals surface area contributed by atoms with Gasteiger partial charge in [-0.15, -0.1) is 0 Å². The molecular weight excluding hydrogens is 527 g/mol. The van der Waals surface area contributed by atoms with Crippen molar-refractivity contribution in [2.24, 2.45) is 0 Å². The molecule has 0 amide bonds. The van der Waals surface area contributed by atoms with Crippen LogP contribution in [0.4, 0.5) is 0 Å². The fourth-order valence-electron chi connectivity index (χ4n) is 3.91. The van der Waals surface area contributed by atoms with Gasteiger partial charge in [-0.3, -0.25) is 37.7 Å². The molecule has 2 fully saturated rings. The molecule has 4 heterocycles. The fraction of sp³-hybridized carbons (Fsp3) is 0.556. The molecule has 19 heteroatoms. The van der Waals surface area contributed by atoms with Gasteiger partial charge in [-0.1, -0.05) is 0 Å². The number of aliphatic hydroxyl groups is 4. The Labute approximate surface area is 204 Å². The van der Waals surface area contributed by atoms with E-state index >= 15 is 0 Å². The number of H-pyrrole nitrogens is 2. The first kappa shape index (κ1) is 27.3. The van der Waals surface area contributed by atoms with Crippen molar-refractivity contribution in [2.75, 3.05) is 13.2 Å². The van der Waals surface area contributed by atoms with Crippen LogP contribution in [-0.4, -0.2) is 94.3 Å². The monoisotopic (exact) mass is 550 g/mol. The van der Waals surface area contributed by atoms with Crippen molar-refractivity contribution in [1.82, 2.24) is 19.1 Å². The number of ether oxygens (including phenoxy) is 2. The van der Waals surface area contributed by atoms with Gasteiger partial charge in [0.2, 0.25) is 0 Å². The van der Waals surface area contributed by atoms with Gasteiger partial charge in [-0.25, -0.2) is 14.2 Å². The number of nitrogens with one attached hydrogen (secondary N) is 2. The molecule has 0 saturated carbocycles. The van der Waals surface area contributed by atoms with Crippen LogP contribution in [0.25, 0.3) is 0 Å². The first-order valence-corrected chi connectivity index (χ1v) is 12.2. The van der Waals surface area contributed by atoms with Gasteiger partial charge in [-0.2, -0.15) is 0 Å². The maximum Gasteiger partial charge on any atom is 0.472 e. The molecule has 0 aromatic carbocycles. The van der Waals surface area contributed by atoms with Crippen molar-refractivity contribution < 1.29 is 48.4 Å². The lowest BCUT2D eigenvalue weighted by Crippen LogP contribution is -2.39. The van der Waals surface area contributed by atoms with Crippen molar-refractivity contribution in [3.63, 3.8) is 0 Å². The SMILES string of the molecule is O=c1ccn([C@@H]2O[C@H](COP(=O)(O)O[C@@H]3[C@@H](O)[C@@H](CO)O[C@H]3n3ccc(=O)[nH]c3=O)[C@@H](O)[C@H]2O)c(=O)[nH]1. The molecule has 18 nitrogen and oxygen atoms in total. The van der Waals surface area contributed by atoms with Gasteiger partial charge in [0.25, 0.3) is 11.1 Å². The van der Waals surface area contributed by atoms with Gasteiger partial charge in [0, 0.05) is 24.5 Å². The number of aromatic nitrogens is 4. The van der Waals surface area contributed by atoms with Crippen molar-refractivity contribution in [1.29, 1.82) is 0 Å². The number of aliphatic hydroxyl groups excluding tert-OH is 4. The second-order valence-electron chi connectivity index (χ2n) is 8.15. The third-order valence-electron chi connectivity index (χ3n) is 5.74. The molecule has 2 aliphatic rings. The molecule has 204 valence electrons. The van der Waals surface area contributed by atoms with E-state index in [-0.39, 0.29) is 0 Å². The van der Waals surface area contributed by atoms with E-state index in [1.54, 1.807) is 0 Å². The number of nitrogens with zero attached hydrogens (tertiary/aromatic N) is 2. The molecule has 2 aromatic rings. The number of hydrogen-bond donors (Lipinski definition) is 7. The minimum absolute atomic E-state index is 0.712. The predicted octanol–water partition coefficient (Wildman–Crippen LogP) is -4.54. The molecule has 1 unspecified atom stereocenters. The third-order valence-corrected chi connectivity index (χ3v) is 6.72. The second kappa shape index (κ2) is 10.5. The lowest BCUT2D eigenvalue weighted by Gasteiger charge is -2.25. The van der Waals surface area contributed by atoms with E-state index in [0.29, 0.717) is 0 Å². The fourth-order valence-corrected chi connectivity index (χ4v) is 4.84. The Morgan fingerprint density at radius 3 is 1.95 bits per heavy atom. The maximum atomic E-state index is 12.7. The standard InChI is InChI=1S/C18H23N4O14P/c23-5-7-12(27)14(16(34-7)22-4-2-10(25)20-18(22)30)36-37(31,32)33-6-8-11(26)13(28)15(35-8)21-3-1-9(24)19-17(21)29/h1-4,7-8,11-16,23,26-28H,5-6H2,(H,31,32)(H,19,24,29)(H,20,25,30)/t7-,8-,11-,12+,13-,14-,15-,16-/m1/s1. The van der Waals surface area contributed by atoms with E-state index in [2.05, 4.69) is 0 Å². The summed E-state index contributed by atoms with van der Waals surface area (Å²) in [4.78, 5) is 60.8. The van der Waals surface area contributed by atoms with Gasteiger partial charge in [0.1, 0.15) is 36.6 Å². The summed E-state index contributed by atoms with van der Waals surface area (Å²) in [5.41, 5.74) is -3.40. The average molecular weight is 550 g/mol. The van der Waals surface area contributed by atoms with Gasteiger partial charge < -0.3 is 34.8 Å². The van der Waals surface area contributed by atoms with Gasteiger partial charge in [0.05, 0.1) is 13.2 Å². The largest absolute Gasteiger partial charge is 0.472 e. The van der Waals surface area contributed by atoms with Gasteiger partial charge in [0.15, 0.2) is 12.5 Å². The zero-order valence-corrected chi connectivity index (χ0v) is 19.5. The quantitative estimate of drug-likeness (QED) is 0.153. The summed E-state index contributed by atoms with van der Waals surface area (Å²) in [5, 5.41) is 40.4. The molecule has 0 aliphatic carbocycles. The third kappa shape index (κ3) is 5.58. The number of rotatable bonds is 8. The first-order valence-electron chi connectivity index (χ1n) is 10.7. The molecule has 2 aromatic heterocycles. The highest BCUT2D eigenvalue weighted by Crippen LogP contribution is 2.49. The minimum Gasteiger partial charge on any atom is -0.394 e. The average Bonchev–Trinajstić information content (AvgIpc) is 3.28. The minimum atomic E-state index is -5.10. The predicted molar refractivity (Wildman–Crippen MR) is 116 cm³/mol. The molecule has 2 aliphatic heterocycles. The summed E-state index contributed by atoms with van der Waals surface area (Å²) >= 11 is 0. The molecule has 0 radical (unpaired) electrons. The Balaban J connectivity index is 1.47. The summed E-state index contributed by atoms with van der Waals surface area (Å²) in [6.45, 7) is -1.60. The van der Waals surface area contributed by atoms with Gasteiger partial charge in [-0.05, 0) is 0 Å². The van der Waals surface area contributed by atoms with Crippen molar-refractivity contribution >= 4 is 7.82 Å². The molecule has 0 spiro atoms. The molecule has 2 saturated heterocycles. The molecule has 7 N–H and O–H groups in total. The molecule has 37 heavy (non-hydrogen) atoms. The number of phosphoric ester groups is 1. The highest BCUT2D eigenvalue weighted by atomic mass is 31.2. The van der Waals surface area contributed by atoms with E-state index in [0.717, 1.165) is 33.7 Å². The first-order chi connectivity index (χ1) is 17.4. The maximum absolute atomic E-state index is 12.7. The Hall–Kier alpha value is -2.77. The van der Waals surface area contributed by atoms with Crippen LogP contribution >= 0.6 is 7.82 Å². The summed E-state index contributed by atoms with van der Waals surface area (Å²) in [6.07, 6.45) is -10.7. The highest BCUT2D eigenvalue weighted by Gasteiger charge is 2.50.